The van der Waals surface area contributed by atoms with Crippen molar-refractivity contribution in [1.29, 1.82) is 0 Å². The number of hydrogen-bond acceptors (Lipinski definition) is 6. The maximum atomic E-state index is 11.4. The first-order chi connectivity index (χ1) is 9.72. The van der Waals surface area contributed by atoms with E-state index in [1.54, 1.807) is 0 Å². The van der Waals surface area contributed by atoms with Crippen LogP contribution in [0.15, 0.2) is 10.4 Å². The summed E-state index contributed by atoms with van der Waals surface area (Å²) in [6.45, 7) is 2.32. The number of piperidine rings is 1. The second-order valence-corrected chi connectivity index (χ2v) is 8.46. The van der Waals surface area contributed by atoms with Crippen molar-refractivity contribution in [2.75, 3.05) is 19.7 Å². The van der Waals surface area contributed by atoms with E-state index in [0.717, 1.165) is 31.8 Å². The van der Waals surface area contributed by atoms with Gasteiger partial charge < -0.3 is 4.74 Å². The Labute approximate surface area is 127 Å². The van der Waals surface area contributed by atoms with Gasteiger partial charge in [0.05, 0.1) is 21.0 Å². The number of rotatable bonds is 3. The first-order valence-electron chi connectivity index (χ1n) is 7.27. The summed E-state index contributed by atoms with van der Waals surface area (Å²) >= 11 is 3.67. The summed E-state index contributed by atoms with van der Waals surface area (Å²) < 4.78 is 9.43. The summed E-state index contributed by atoms with van der Waals surface area (Å²) in [5.74, 6) is 1.01. The Kier molecular flexibility index (Phi) is 3.37. The maximum Gasteiger partial charge on any atom is 0.161 e. The van der Waals surface area contributed by atoms with Crippen molar-refractivity contribution in [3.8, 4) is 0 Å². The lowest BCUT2D eigenvalue weighted by Gasteiger charge is -2.37. The average molecular weight is 310 g/mol. The fourth-order valence-electron chi connectivity index (χ4n) is 2.96. The third kappa shape index (κ3) is 2.66. The Morgan fingerprint density at radius 1 is 1.40 bits per heavy atom. The molecule has 1 aliphatic carbocycles. The van der Waals surface area contributed by atoms with Gasteiger partial charge in [0.25, 0.3) is 0 Å². The van der Waals surface area contributed by atoms with E-state index in [-0.39, 0.29) is 11.4 Å². The number of ketones is 1. The van der Waals surface area contributed by atoms with E-state index in [1.807, 2.05) is 29.5 Å². The minimum atomic E-state index is -0.138. The molecule has 20 heavy (non-hydrogen) atoms. The number of aromatic nitrogens is 1. The molecule has 2 aliphatic heterocycles. The van der Waals surface area contributed by atoms with Crippen molar-refractivity contribution >= 4 is 29.1 Å². The molecule has 1 aromatic rings. The van der Waals surface area contributed by atoms with Crippen LogP contribution in [0.2, 0.25) is 0 Å². The van der Waals surface area contributed by atoms with Gasteiger partial charge in [-0.05, 0) is 37.6 Å². The molecule has 3 heterocycles. The molecular weight excluding hydrogens is 292 g/mol. The van der Waals surface area contributed by atoms with Crippen LogP contribution in [0, 0.1) is 0 Å². The van der Waals surface area contributed by atoms with Crippen molar-refractivity contribution in [2.45, 2.75) is 47.8 Å². The van der Waals surface area contributed by atoms with Gasteiger partial charge in [-0.1, -0.05) is 0 Å². The summed E-state index contributed by atoms with van der Waals surface area (Å²) in [4.78, 5) is 15.9. The van der Waals surface area contributed by atoms with Gasteiger partial charge in [-0.15, -0.1) is 11.3 Å². The van der Waals surface area contributed by atoms with Crippen LogP contribution in [-0.4, -0.2) is 40.4 Å². The molecule has 108 valence electrons. The highest BCUT2D eigenvalue weighted by atomic mass is 32.2. The van der Waals surface area contributed by atoms with Crippen LogP contribution in [0.25, 0.3) is 0 Å². The van der Waals surface area contributed by atoms with E-state index in [1.165, 1.54) is 22.1 Å². The predicted octanol–water partition coefficient (Wildman–Crippen LogP) is 2.85. The van der Waals surface area contributed by atoms with Gasteiger partial charge in [-0.25, -0.2) is 9.29 Å². The Hall–Kier alpha value is -0.430. The first kappa shape index (κ1) is 13.2. The molecular formula is C14H18N2O2S2. The average Bonchev–Trinajstić information content (AvgIpc) is 3.09. The van der Waals surface area contributed by atoms with Gasteiger partial charge in [0, 0.05) is 25.4 Å². The van der Waals surface area contributed by atoms with E-state index < -0.39 is 0 Å². The van der Waals surface area contributed by atoms with Gasteiger partial charge in [0.2, 0.25) is 0 Å². The van der Waals surface area contributed by atoms with Gasteiger partial charge in [-0.2, -0.15) is 0 Å². The lowest BCUT2D eigenvalue weighted by molar-refractivity contribution is -0.117. The van der Waals surface area contributed by atoms with Crippen molar-refractivity contribution in [3.05, 3.63) is 11.2 Å². The highest BCUT2D eigenvalue weighted by molar-refractivity contribution is 7.98. The largest absolute Gasteiger partial charge is 0.367 e. The summed E-state index contributed by atoms with van der Waals surface area (Å²) in [6, 6.07) is 0. The molecule has 3 aliphatic rings. The quantitative estimate of drug-likeness (QED) is 0.803. The van der Waals surface area contributed by atoms with E-state index in [2.05, 4.69) is 9.29 Å². The normalized spacial score (nSPS) is 26.5. The van der Waals surface area contributed by atoms with Crippen molar-refractivity contribution < 1.29 is 9.53 Å². The van der Waals surface area contributed by atoms with Crippen LogP contribution < -0.4 is 0 Å². The van der Waals surface area contributed by atoms with Crippen LogP contribution in [0.5, 0.6) is 0 Å². The minimum absolute atomic E-state index is 0.138. The fourth-order valence-corrected chi connectivity index (χ4v) is 5.22. The van der Waals surface area contributed by atoms with Crippen LogP contribution in [0.1, 0.15) is 43.0 Å². The molecule has 1 saturated carbocycles. The molecule has 0 N–H and O–H groups in total. The molecule has 0 aromatic carbocycles. The Morgan fingerprint density at radius 3 is 2.85 bits per heavy atom. The molecule has 1 spiro atoms. The summed E-state index contributed by atoms with van der Waals surface area (Å²) in [5.41, 5.74) is -0.138. The molecule has 0 amide bonds. The zero-order valence-corrected chi connectivity index (χ0v) is 13.0. The third-order valence-corrected chi connectivity index (χ3v) is 6.68. The minimum Gasteiger partial charge on any atom is -0.367 e. The molecule has 0 unspecified atom stereocenters. The van der Waals surface area contributed by atoms with Crippen LogP contribution in [0.3, 0.4) is 0 Å². The zero-order valence-electron chi connectivity index (χ0n) is 11.3. The van der Waals surface area contributed by atoms with E-state index in [0.29, 0.717) is 13.0 Å². The highest BCUT2D eigenvalue weighted by Crippen LogP contribution is 2.44. The number of thiazole rings is 1. The number of carbonyl (C=O) groups excluding carboxylic acids is 1. The fraction of sp³-hybridized carbons (Fsp3) is 0.714. The Bertz CT molecular complexity index is 519. The van der Waals surface area contributed by atoms with E-state index in [9.17, 15) is 4.79 Å². The second-order valence-electron chi connectivity index (χ2n) is 6.00. The van der Waals surface area contributed by atoms with Crippen molar-refractivity contribution in [2.24, 2.45) is 0 Å². The second kappa shape index (κ2) is 5.09. The molecule has 3 fully saturated rings. The zero-order chi connectivity index (χ0) is 13.6. The van der Waals surface area contributed by atoms with Gasteiger partial charge in [-0.3, -0.25) is 4.79 Å². The van der Waals surface area contributed by atoms with Crippen LogP contribution in [0.4, 0.5) is 0 Å². The molecule has 0 bridgehead atoms. The third-order valence-electron chi connectivity index (χ3n) is 4.34. The van der Waals surface area contributed by atoms with Crippen molar-refractivity contribution in [1.82, 2.24) is 9.29 Å². The number of carbonyl (C=O) groups is 1. The number of hydrogen-bond donors (Lipinski definition) is 0. The highest BCUT2D eigenvalue weighted by Gasteiger charge is 2.42. The molecule has 1 aromatic heterocycles. The SMILES string of the molecule is O=C1COC2(CCN(Sc3cnc(C4CC4)s3)CC2)C1. The summed E-state index contributed by atoms with van der Waals surface area (Å²) in [7, 11) is 0. The molecule has 4 rings (SSSR count). The predicted molar refractivity (Wildman–Crippen MR) is 79.1 cm³/mol. The smallest absolute Gasteiger partial charge is 0.161 e. The van der Waals surface area contributed by atoms with Gasteiger partial charge in [0.1, 0.15) is 6.61 Å². The Balaban J connectivity index is 1.33. The lowest BCUT2D eigenvalue weighted by atomic mass is 9.89. The van der Waals surface area contributed by atoms with Crippen molar-refractivity contribution in [3.63, 3.8) is 0 Å². The number of nitrogens with zero attached hydrogens (tertiary/aromatic N) is 2. The monoisotopic (exact) mass is 310 g/mol. The van der Waals surface area contributed by atoms with Crippen LogP contribution in [-0.2, 0) is 9.53 Å². The van der Waals surface area contributed by atoms with Crippen LogP contribution >= 0.6 is 23.3 Å². The summed E-state index contributed by atoms with van der Waals surface area (Å²) in [5, 5.41) is 1.31. The van der Waals surface area contributed by atoms with E-state index >= 15 is 0 Å². The lowest BCUT2D eigenvalue weighted by Crippen LogP contribution is -2.41. The number of ether oxygens (including phenoxy) is 1. The van der Waals surface area contributed by atoms with Gasteiger partial charge in [0.15, 0.2) is 5.78 Å². The topological polar surface area (TPSA) is 42.4 Å². The number of Topliss-reactive ketones (excluding diaryl/α,β-unsaturated/α-hetero) is 1. The first-order valence-corrected chi connectivity index (χ1v) is 8.86. The van der Waals surface area contributed by atoms with E-state index in [4.69, 9.17) is 4.74 Å². The maximum absolute atomic E-state index is 11.4. The summed E-state index contributed by atoms with van der Waals surface area (Å²) in [6.07, 6.45) is 7.21. The molecule has 2 saturated heterocycles. The standard InChI is InChI=1S/C14H18N2O2S2/c17-11-7-14(18-9-11)3-5-16(6-4-14)20-12-8-15-13(19-12)10-1-2-10/h8,10H,1-7,9H2. The molecule has 0 atom stereocenters. The molecule has 0 radical (unpaired) electrons. The molecule has 6 heteroatoms. The Morgan fingerprint density at radius 2 is 2.20 bits per heavy atom. The van der Waals surface area contributed by atoms with Gasteiger partial charge >= 0.3 is 0 Å². The molecule has 4 nitrogen and oxygen atoms in total.